The second kappa shape index (κ2) is 8.01. The number of likely N-dealkylation sites (tertiary alicyclic amines) is 1. The van der Waals surface area contributed by atoms with Crippen molar-refractivity contribution in [3.8, 4) is 0 Å². The van der Waals surface area contributed by atoms with E-state index in [9.17, 15) is 13.2 Å². The Balaban J connectivity index is 1.71. The van der Waals surface area contributed by atoms with E-state index in [1.54, 1.807) is 20.8 Å². The summed E-state index contributed by atoms with van der Waals surface area (Å²) in [5.74, 6) is -0.248. The van der Waals surface area contributed by atoms with E-state index in [0.717, 1.165) is 6.42 Å². The molecule has 0 N–H and O–H groups in total. The standard InChI is InChI=1S/C20H32BN3O6S/c1-18(2,3)28-17(25)24-10-8-9-15(24)13-31(26,27)16-22-11-14(12-23-16)21-29-19(4,5)20(6,7)30-21/h11-12,15H,8-10,13H2,1-7H3. The molecule has 1 aromatic heterocycles. The van der Waals surface area contributed by atoms with Gasteiger partial charge in [-0.1, -0.05) is 0 Å². The van der Waals surface area contributed by atoms with Gasteiger partial charge >= 0.3 is 13.2 Å². The number of ether oxygens (including phenoxy) is 1. The molecule has 31 heavy (non-hydrogen) atoms. The molecule has 172 valence electrons. The molecule has 1 aromatic rings. The third-order valence-electron chi connectivity index (χ3n) is 5.87. The number of aromatic nitrogens is 2. The third kappa shape index (κ3) is 5.20. The molecule has 11 heteroatoms. The second-order valence-corrected chi connectivity index (χ2v) is 12.1. The molecule has 2 fully saturated rings. The summed E-state index contributed by atoms with van der Waals surface area (Å²) in [7, 11) is -4.46. The van der Waals surface area contributed by atoms with Gasteiger partial charge in [0.25, 0.3) is 0 Å². The van der Waals surface area contributed by atoms with Crippen LogP contribution < -0.4 is 5.46 Å². The van der Waals surface area contributed by atoms with Crippen molar-refractivity contribution < 1.29 is 27.3 Å². The first kappa shape index (κ1) is 23.9. The SMILES string of the molecule is CC(C)(C)OC(=O)N1CCCC1CS(=O)(=O)c1ncc(B2OC(C)(C)C(C)(C)O2)cn1. The van der Waals surface area contributed by atoms with Gasteiger partial charge in [0.15, 0.2) is 0 Å². The van der Waals surface area contributed by atoms with Crippen molar-refractivity contribution >= 4 is 28.5 Å². The lowest BCUT2D eigenvalue weighted by Crippen LogP contribution is -2.43. The number of hydrogen-bond donors (Lipinski definition) is 0. The van der Waals surface area contributed by atoms with Gasteiger partial charge in [0.05, 0.1) is 17.0 Å². The summed E-state index contributed by atoms with van der Waals surface area (Å²) in [5.41, 5.74) is -1.13. The monoisotopic (exact) mass is 453 g/mol. The van der Waals surface area contributed by atoms with E-state index in [0.29, 0.717) is 18.4 Å². The molecule has 0 radical (unpaired) electrons. The van der Waals surface area contributed by atoms with Gasteiger partial charge in [0, 0.05) is 30.4 Å². The van der Waals surface area contributed by atoms with Crippen molar-refractivity contribution in [1.29, 1.82) is 0 Å². The van der Waals surface area contributed by atoms with Crippen molar-refractivity contribution in [1.82, 2.24) is 14.9 Å². The van der Waals surface area contributed by atoms with E-state index in [4.69, 9.17) is 14.0 Å². The molecule has 2 saturated heterocycles. The molecule has 2 aliphatic rings. The van der Waals surface area contributed by atoms with Crippen molar-refractivity contribution in [3.05, 3.63) is 12.4 Å². The van der Waals surface area contributed by atoms with Crippen LogP contribution in [-0.4, -0.2) is 71.6 Å². The van der Waals surface area contributed by atoms with E-state index in [-0.39, 0.29) is 10.9 Å². The molecule has 0 aliphatic carbocycles. The first-order valence-electron chi connectivity index (χ1n) is 10.5. The summed E-state index contributed by atoms with van der Waals surface area (Å²) in [4.78, 5) is 22.1. The first-order chi connectivity index (χ1) is 14.1. The molecule has 0 spiro atoms. The normalized spacial score (nSPS) is 23.3. The van der Waals surface area contributed by atoms with Crippen LogP contribution in [0, 0.1) is 0 Å². The Kier molecular flexibility index (Phi) is 6.18. The number of hydrogen-bond acceptors (Lipinski definition) is 8. The van der Waals surface area contributed by atoms with Gasteiger partial charge in [-0.25, -0.2) is 23.2 Å². The molecule has 1 amide bonds. The van der Waals surface area contributed by atoms with Crippen molar-refractivity contribution in [2.45, 2.75) is 89.3 Å². The molecule has 0 bridgehead atoms. The Morgan fingerprint density at radius 1 is 1.19 bits per heavy atom. The molecule has 1 unspecified atom stereocenters. The van der Waals surface area contributed by atoms with E-state index in [2.05, 4.69) is 9.97 Å². The summed E-state index contributed by atoms with van der Waals surface area (Å²) < 4.78 is 43.1. The Morgan fingerprint density at radius 3 is 2.26 bits per heavy atom. The summed E-state index contributed by atoms with van der Waals surface area (Å²) in [6.07, 6.45) is 3.65. The van der Waals surface area contributed by atoms with Crippen molar-refractivity contribution in [3.63, 3.8) is 0 Å². The lowest BCUT2D eigenvalue weighted by atomic mass is 9.81. The minimum atomic E-state index is -3.79. The maximum atomic E-state index is 12.9. The minimum absolute atomic E-state index is 0.248. The minimum Gasteiger partial charge on any atom is -0.444 e. The maximum Gasteiger partial charge on any atom is 0.498 e. The average molecular weight is 453 g/mol. The molecule has 9 nitrogen and oxygen atoms in total. The predicted molar refractivity (Wildman–Crippen MR) is 116 cm³/mol. The highest BCUT2D eigenvalue weighted by Crippen LogP contribution is 2.36. The molecule has 2 aliphatic heterocycles. The van der Waals surface area contributed by atoms with Crippen LogP contribution in [0.1, 0.15) is 61.3 Å². The topological polar surface area (TPSA) is 108 Å². The smallest absolute Gasteiger partial charge is 0.444 e. The van der Waals surface area contributed by atoms with Crippen LogP contribution in [0.2, 0.25) is 0 Å². The number of carbonyl (C=O) groups is 1. The molecule has 0 saturated carbocycles. The zero-order chi connectivity index (χ0) is 23.2. The molecular formula is C20H32BN3O6S. The Labute approximate surface area is 184 Å². The predicted octanol–water partition coefficient (Wildman–Crippen LogP) is 1.95. The molecule has 1 atom stereocenters. The number of amides is 1. The largest absolute Gasteiger partial charge is 0.498 e. The number of carbonyl (C=O) groups excluding carboxylic acids is 1. The van der Waals surface area contributed by atoms with E-state index in [1.165, 1.54) is 17.3 Å². The fourth-order valence-corrected chi connectivity index (χ4v) is 4.91. The van der Waals surface area contributed by atoms with Gasteiger partial charge < -0.3 is 18.9 Å². The van der Waals surface area contributed by atoms with E-state index in [1.807, 2.05) is 27.7 Å². The number of nitrogens with zero attached hydrogens (tertiary/aromatic N) is 3. The lowest BCUT2D eigenvalue weighted by molar-refractivity contribution is 0.00578. The molecule has 3 rings (SSSR count). The Morgan fingerprint density at radius 2 is 1.74 bits per heavy atom. The highest BCUT2D eigenvalue weighted by Gasteiger charge is 2.52. The van der Waals surface area contributed by atoms with Crippen LogP contribution in [0.25, 0.3) is 0 Å². The Bertz CT molecular complexity index is 911. The molecular weight excluding hydrogens is 421 g/mol. The maximum absolute atomic E-state index is 12.9. The summed E-state index contributed by atoms with van der Waals surface area (Å²) in [6, 6.07) is -0.466. The fraction of sp³-hybridized carbons (Fsp3) is 0.750. The molecule has 0 aromatic carbocycles. The van der Waals surface area contributed by atoms with Crippen LogP contribution in [-0.2, 0) is 23.9 Å². The van der Waals surface area contributed by atoms with Crippen molar-refractivity contribution in [2.24, 2.45) is 0 Å². The third-order valence-corrected chi connectivity index (χ3v) is 7.46. The van der Waals surface area contributed by atoms with Crippen molar-refractivity contribution in [2.75, 3.05) is 12.3 Å². The Hall–Kier alpha value is -1.72. The summed E-state index contributed by atoms with van der Waals surface area (Å²) in [5, 5.41) is -0.274. The summed E-state index contributed by atoms with van der Waals surface area (Å²) in [6.45, 7) is 13.5. The number of sulfone groups is 1. The van der Waals surface area contributed by atoms with E-state index < -0.39 is 45.9 Å². The molecule has 3 heterocycles. The highest BCUT2D eigenvalue weighted by atomic mass is 32.2. The van der Waals surface area contributed by atoms with Crippen LogP contribution in [0.5, 0.6) is 0 Å². The fourth-order valence-electron chi connectivity index (χ4n) is 3.49. The average Bonchev–Trinajstić information content (AvgIpc) is 3.15. The quantitative estimate of drug-likeness (QED) is 0.503. The van der Waals surface area contributed by atoms with Gasteiger partial charge in [0.1, 0.15) is 5.60 Å². The van der Waals surface area contributed by atoms with Gasteiger partial charge in [-0.05, 0) is 61.3 Å². The van der Waals surface area contributed by atoms with Gasteiger partial charge in [-0.2, -0.15) is 0 Å². The number of rotatable bonds is 4. The van der Waals surface area contributed by atoms with Gasteiger partial charge in [-0.3, -0.25) is 0 Å². The van der Waals surface area contributed by atoms with Gasteiger partial charge in [-0.15, -0.1) is 0 Å². The van der Waals surface area contributed by atoms with Gasteiger partial charge in [0.2, 0.25) is 15.0 Å². The highest BCUT2D eigenvalue weighted by molar-refractivity contribution is 7.91. The van der Waals surface area contributed by atoms with Crippen LogP contribution in [0.15, 0.2) is 17.6 Å². The van der Waals surface area contributed by atoms with Crippen LogP contribution in [0.3, 0.4) is 0 Å². The van der Waals surface area contributed by atoms with Crippen LogP contribution >= 0.6 is 0 Å². The zero-order valence-corrected chi connectivity index (χ0v) is 20.2. The first-order valence-corrected chi connectivity index (χ1v) is 12.2. The zero-order valence-electron chi connectivity index (χ0n) is 19.3. The lowest BCUT2D eigenvalue weighted by Gasteiger charge is -2.32. The second-order valence-electron chi connectivity index (χ2n) is 10.1. The summed E-state index contributed by atoms with van der Waals surface area (Å²) >= 11 is 0. The van der Waals surface area contributed by atoms with E-state index >= 15 is 0 Å². The van der Waals surface area contributed by atoms with Crippen LogP contribution in [0.4, 0.5) is 4.79 Å².